The fraction of sp³-hybridized carbons (Fsp3) is 0.350. The maximum Gasteiger partial charge on any atom is 0.254 e. The topological polar surface area (TPSA) is 55.6 Å². The van der Waals surface area contributed by atoms with Crippen LogP contribution in [0.3, 0.4) is 0 Å². The predicted molar refractivity (Wildman–Crippen MR) is 95.4 cm³/mol. The van der Waals surface area contributed by atoms with E-state index in [-0.39, 0.29) is 5.41 Å². The Bertz CT molecular complexity index is 715. The molecule has 2 N–H and O–H groups in total. The van der Waals surface area contributed by atoms with Crippen molar-refractivity contribution in [2.24, 2.45) is 5.73 Å². The molecule has 0 saturated carbocycles. The Hall–Kier alpha value is -2.40. The molecule has 0 unspecified atom stereocenters. The number of carbonyl (C=O) groups excluding carboxylic acids is 1. The number of nitrogens with two attached hydrogens (primary N) is 1. The van der Waals surface area contributed by atoms with E-state index in [1.807, 2.05) is 36.4 Å². The second-order valence-electron chi connectivity index (χ2n) is 6.49. The second kappa shape index (κ2) is 7.66. The van der Waals surface area contributed by atoms with Crippen LogP contribution in [-0.4, -0.2) is 43.7 Å². The van der Waals surface area contributed by atoms with Gasteiger partial charge in [0.2, 0.25) is 0 Å². The third-order valence-corrected chi connectivity index (χ3v) is 4.67. The average Bonchev–Trinajstić information content (AvgIpc) is 2.63. The first kappa shape index (κ1) is 17.4. The van der Waals surface area contributed by atoms with Crippen molar-refractivity contribution in [2.75, 3.05) is 32.9 Å². The van der Waals surface area contributed by atoms with Crippen molar-refractivity contribution in [2.45, 2.75) is 11.8 Å². The minimum absolute atomic E-state index is 0.214. The van der Waals surface area contributed by atoms with Crippen molar-refractivity contribution in [3.8, 4) is 5.75 Å². The van der Waals surface area contributed by atoms with Crippen LogP contribution in [0.4, 0.5) is 4.39 Å². The van der Waals surface area contributed by atoms with E-state index < -0.39 is 12.6 Å². The summed E-state index contributed by atoms with van der Waals surface area (Å²) in [7, 11) is 0. The number of ether oxygens (including phenoxy) is 1. The number of nitrogens with zero attached hydrogens (tertiary/aromatic N) is 1. The number of alkyl halides is 1. The van der Waals surface area contributed by atoms with Crippen LogP contribution in [0.15, 0.2) is 54.6 Å². The number of carbonyl (C=O) groups is 1. The van der Waals surface area contributed by atoms with Crippen molar-refractivity contribution >= 4 is 5.91 Å². The maximum absolute atomic E-state index is 12.7. The normalized spacial score (nSPS) is 15.5. The largest absolute Gasteiger partial charge is 0.492 e. The number of amides is 1. The third-order valence-electron chi connectivity index (χ3n) is 4.67. The van der Waals surface area contributed by atoms with Crippen molar-refractivity contribution < 1.29 is 13.9 Å². The molecule has 132 valence electrons. The molecule has 4 nitrogen and oxygen atoms in total. The first-order chi connectivity index (χ1) is 12.2. The first-order valence-corrected chi connectivity index (χ1v) is 8.48. The molecular weight excluding hydrogens is 319 g/mol. The van der Waals surface area contributed by atoms with Gasteiger partial charge in [-0.1, -0.05) is 42.5 Å². The third kappa shape index (κ3) is 3.82. The van der Waals surface area contributed by atoms with Crippen LogP contribution in [0.1, 0.15) is 11.1 Å². The highest BCUT2D eigenvalue weighted by molar-refractivity contribution is 5.79. The highest BCUT2D eigenvalue weighted by Gasteiger charge is 2.46. The van der Waals surface area contributed by atoms with E-state index >= 15 is 0 Å². The molecule has 5 heteroatoms. The molecule has 2 aromatic rings. The smallest absolute Gasteiger partial charge is 0.254 e. The van der Waals surface area contributed by atoms with Gasteiger partial charge >= 0.3 is 0 Å². The molecule has 1 saturated heterocycles. The van der Waals surface area contributed by atoms with E-state index in [4.69, 9.17) is 10.5 Å². The highest BCUT2D eigenvalue weighted by atomic mass is 19.1. The monoisotopic (exact) mass is 342 g/mol. The Morgan fingerprint density at radius 3 is 2.60 bits per heavy atom. The molecule has 1 aliphatic heterocycles. The zero-order valence-electron chi connectivity index (χ0n) is 14.2. The lowest BCUT2D eigenvalue weighted by Crippen LogP contribution is -2.62. The number of likely N-dealkylation sites (tertiary alicyclic amines) is 1. The minimum Gasteiger partial charge on any atom is -0.492 e. The van der Waals surface area contributed by atoms with Gasteiger partial charge in [0.25, 0.3) is 5.91 Å². The van der Waals surface area contributed by atoms with Gasteiger partial charge in [-0.3, -0.25) is 4.79 Å². The molecule has 0 aliphatic carbocycles. The molecule has 25 heavy (non-hydrogen) atoms. The van der Waals surface area contributed by atoms with Gasteiger partial charge in [0.05, 0.1) is 0 Å². The minimum atomic E-state index is -0.943. The van der Waals surface area contributed by atoms with Gasteiger partial charge < -0.3 is 15.4 Å². The zero-order valence-corrected chi connectivity index (χ0v) is 14.2. The SMILES string of the molecule is NCCOc1cccc(C2(Cc3ccccc3)CN(C(=O)CF)C2)c1. The van der Waals surface area contributed by atoms with E-state index in [1.165, 1.54) is 5.56 Å². The van der Waals surface area contributed by atoms with E-state index in [2.05, 4.69) is 18.2 Å². The van der Waals surface area contributed by atoms with Crippen molar-refractivity contribution in [3.63, 3.8) is 0 Å². The predicted octanol–water partition coefficient (Wildman–Crippen LogP) is 2.32. The highest BCUT2D eigenvalue weighted by Crippen LogP contribution is 2.39. The second-order valence-corrected chi connectivity index (χ2v) is 6.49. The Morgan fingerprint density at radius 1 is 1.16 bits per heavy atom. The van der Waals surface area contributed by atoms with E-state index in [1.54, 1.807) is 4.90 Å². The van der Waals surface area contributed by atoms with Gasteiger partial charge in [0, 0.05) is 25.0 Å². The van der Waals surface area contributed by atoms with Gasteiger partial charge in [-0.25, -0.2) is 4.39 Å². The first-order valence-electron chi connectivity index (χ1n) is 8.48. The summed E-state index contributed by atoms with van der Waals surface area (Å²) in [5.74, 6) is 0.324. The fourth-order valence-electron chi connectivity index (χ4n) is 3.42. The summed E-state index contributed by atoms with van der Waals surface area (Å²) in [5, 5.41) is 0. The molecule has 0 radical (unpaired) electrons. The van der Waals surface area contributed by atoms with E-state index in [9.17, 15) is 9.18 Å². The molecule has 3 rings (SSSR count). The summed E-state index contributed by atoms with van der Waals surface area (Å²) in [4.78, 5) is 13.3. The molecule has 0 spiro atoms. The lowest BCUT2D eigenvalue weighted by atomic mass is 9.69. The van der Waals surface area contributed by atoms with Crippen LogP contribution in [0.2, 0.25) is 0 Å². The van der Waals surface area contributed by atoms with Crippen LogP contribution < -0.4 is 10.5 Å². The lowest BCUT2D eigenvalue weighted by Gasteiger charge is -2.50. The van der Waals surface area contributed by atoms with Crippen LogP contribution in [0.25, 0.3) is 0 Å². The van der Waals surface area contributed by atoms with Crippen LogP contribution in [0.5, 0.6) is 5.75 Å². The van der Waals surface area contributed by atoms with Crippen LogP contribution in [-0.2, 0) is 16.6 Å². The summed E-state index contributed by atoms with van der Waals surface area (Å²) in [5.41, 5.74) is 7.59. The molecular formula is C20H23FN2O2. The molecule has 2 aromatic carbocycles. The quantitative estimate of drug-likeness (QED) is 0.840. The fourth-order valence-corrected chi connectivity index (χ4v) is 3.42. The summed E-state index contributed by atoms with van der Waals surface area (Å²) < 4.78 is 18.4. The standard InChI is InChI=1S/C20H23FN2O2/c21-13-19(24)23-14-20(15-23,12-16-5-2-1-3-6-16)17-7-4-8-18(11-17)25-10-9-22/h1-8,11H,9-10,12-15,22H2. The summed E-state index contributed by atoms with van der Waals surface area (Å²) in [6, 6.07) is 18.1. The molecule has 0 aromatic heterocycles. The molecule has 1 aliphatic rings. The summed E-state index contributed by atoms with van der Waals surface area (Å²) in [6.07, 6.45) is 0.796. The van der Waals surface area contributed by atoms with Crippen molar-refractivity contribution in [1.82, 2.24) is 4.90 Å². The molecule has 1 heterocycles. The molecule has 1 amide bonds. The Balaban J connectivity index is 1.86. The summed E-state index contributed by atoms with van der Waals surface area (Å²) in [6.45, 7) is 1.01. The van der Waals surface area contributed by atoms with Crippen LogP contribution in [0, 0.1) is 0 Å². The Kier molecular flexibility index (Phi) is 5.34. The summed E-state index contributed by atoms with van der Waals surface area (Å²) >= 11 is 0. The van der Waals surface area contributed by atoms with Gasteiger partial charge in [-0.2, -0.15) is 0 Å². The number of rotatable bonds is 7. The van der Waals surface area contributed by atoms with Crippen molar-refractivity contribution in [3.05, 3.63) is 65.7 Å². The Labute approximate surface area is 147 Å². The maximum atomic E-state index is 12.7. The zero-order chi connectivity index (χ0) is 17.7. The number of hydrogen-bond acceptors (Lipinski definition) is 3. The van der Waals surface area contributed by atoms with Gasteiger partial charge in [0.15, 0.2) is 6.67 Å². The average molecular weight is 342 g/mol. The molecule has 0 atom stereocenters. The molecule has 0 bridgehead atoms. The van der Waals surface area contributed by atoms with Crippen molar-refractivity contribution in [1.29, 1.82) is 0 Å². The lowest BCUT2D eigenvalue weighted by molar-refractivity contribution is -0.140. The number of halogens is 1. The molecule has 1 fully saturated rings. The van der Waals surface area contributed by atoms with Gasteiger partial charge in [-0.05, 0) is 29.7 Å². The van der Waals surface area contributed by atoms with Crippen LogP contribution >= 0.6 is 0 Å². The number of hydrogen-bond donors (Lipinski definition) is 1. The van der Waals surface area contributed by atoms with Gasteiger partial charge in [0.1, 0.15) is 12.4 Å². The van der Waals surface area contributed by atoms with Gasteiger partial charge in [-0.15, -0.1) is 0 Å². The van der Waals surface area contributed by atoms with E-state index in [0.717, 1.165) is 17.7 Å². The van der Waals surface area contributed by atoms with E-state index in [0.29, 0.717) is 26.2 Å². The Morgan fingerprint density at radius 2 is 1.92 bits per heavy atom. The number of benzene rings is 2.